The maximum Gasteiger partial charge on any atom is 0.123 e. The Bertz CT molecular complexity index is 409. The Hall–Kier alpha value is -1.42. The summed E-state index contributed by atoms with van der Waals surface area (Å²) in [5.41, 5.74) is 7.66. The molecule has 0 saturated heterocycles. The van der Waals surface area contributed by atoms with Crippen LogP contribution in [0.15, 0.2) is 18.2 Å². The molecule has 0 radical (unpaired) electrons. The summed E-state index contributed by atoms with van der Waals surface area (Å²) in [4.78, 5) is 0. The number of hydrogen-bond donors (Lipinski definition) is 2. The Balaban J connectivity index is 2.04. The van der Waals surface area contributed by atoms with Gasteiger partial charge in [0.15, 0.2) is 0 Å². The minimum absolute atomic E-state index is 0.293. The fourth-order valence-electron chi connectivity index (χ4n) is 2.60. The van der Waals surface area contributed by atoms with Crippen LogP contribution >= 0.6 is 0 Å². The van der Waals surface area contributed by atoms with Crippen LogP contribution in [0, 0.1) is 0 Å². The minimum Gasteiger partial charge on any atom is -0.493 e. The molecule has 4 nitrogen and oxygen atoms in total. The van der Waals surface area contributed by atoms with Crippen molar-refractivity contribution < 1.29 is 9.47 Å². The first-order valence-electron chi connectivity index (χ1n) is 7.05. The molecule has 1 aromatic carbocycles. The van der Waals surface area contributed by atoms with E-state index in [1.807, 2.05) is 18.2 Å². The second-order valence-corrected chi connectivity index (χ2v) is 5.10. The summed E-state index contributed by atoms with van der Waals surface area (Å²) in [6.07, 6.45) is 4.75. The Morgan fingerprint density at radius 3 is 2.89 bits per heavy atom. The molecule has 2 rings (SSSR count). The lowest BCUT2D eigenvalue weighted by molar-refractivity contribution is 0.101. The zero-order valence-corrected chi connectivity index (χ0v) is 11.8. The van der Waals surface area contributed by atoms with E-state index in [1.165, 1.54) is 6.42 Å². The van der Waals surface area contributed by atoms with Crippen LogP contribution in [0.25, 0.3) is 0 Å². The number of anilines is 2. The summed E-state index contributed by atoms with van der Waals surface area (Å²) in [6, 6.07) is 6.19. The topological polar surface area (TPSA) is 56.5 Å². The van der Waals surface area contributed by atoms with E-state index in [0.29, 0.717) is 18.8 Å². The maximum atomic E-state index is 5.92. The molecule has 1 fully saturated rings. The van der Waals surface area contributed by atoms with Crippen LogP contribution in [0.5, 0.6) is 5.75 Å². The van der Waals surface area contributed by atoms with Crippen molar-refractivity contribution in [2.45, 2.75) is 44.8 Å². The lowest BCUT2D eigenvalue weighted by Gasteiger charge is -2.21. The number of methoxy groups -OCH3 is 1. The van der Waals surface area contributed by atoms with Gasteiger partial charge in [-0.2, -0.15) is 0 Å². The standard InChI is InChI=1S/C15H24N2O2/c1-3-7-19-13-9-11(16)8-12(10-13)17-14-5-4-6-15(14)18-2/h8-10,14-15,17H,3-7,16H2,1-2H3. The summed E-state index contributed by atoms with van der Waals surface area (Å²) in [5.74, 6) is 0.830. The molecule has 1 aromatic rings. The number of rotatable bonds is 6. The average Bonchev–Trinajstić information content (AvgIpc) is 2.83. The predicted molar refractivity (Wildman–Crippen MR) is 78.7 cm³/mol. The van der Waals surface area contributed by atoms with Gasteiger partial charge in [-0.15, -0.1) is 0 Å². The van der Waals surface area contributed by atoms with Crippen molar-refractivity contribution in [2.24, 2.45) is 0 Å². The molecule has 0 bridgehead atoms. The first-order valence-corrected chi connectivity index (χ1v) is 7.05. The highest BCUT2D eigenvalue weighted by molar-refractivity contribution is 5.59. The molecule has 2 unspecified atom stereocenters. The van der Waals surface area contributed by atoms with Crippen molar-refractivity contribution in [1.29, 1.82) is 0 Å². The van der Waals surface area contributed by atoms with E-state index in [4.69, 9.17) is 15.2 Å². The molecule has 0 aliphatic heterocycles. The van der Waals surface area contributed by atoms with Gasteiger partial charge in [-0.25, -0.2) is 0 Å². The first-order chi connectivity index (χ1) is 9.22. The van der Waals surface area contributed by atoms with Gasteiger partial charge in [-0.3, -0.25) is 0 Å². The van der Waals surface area contributed by atoms with Gasteiger partial charge < -0.3 is 20.5 Å². The van der Waals surface area contributed by atoms with Crippen LogP contribution in [-0.2, 0) is 4.74 Å². The van der Waals surface area contributed by atoms with Gasteiger partial charge in [-0.1, -0.05) is 6.92 Å². The van der Waals surface area contributed by atoms with Gasteiger partial charge in [-0.05, 0) is 31.7 Å². The molecule has 1 aliphatic carbocycles. The lowest BCUT2D eigenvalue weighted by atomic mass is 10.2. The molecule has 2 atom stereocenters. The van der Waals surface area contributed by atoms with Crippen molar-refractivity contribution in [3.05, 3.63) is 18.2 Å². The van der Waals surface area contributed by atoms with Crippen LogP contribution < -0.4 is 15.8 Å². The third kappa shape index (κ3) is 3.77. The Kier molecular flexibility index (Phi) is 4.91. The lowest BCUT2D eigenvalue weighted by Crippen LogP contribution is -2.29. The number of ether oxygens (including phenoxy) is 2. The third-order valence-electron chi connectivity index (χ3n) is 3.51. The van der Waals surface area contributed by atoms with E-state index in [1.54, 1.807) is 7.11 Å². The summed E-state index contributed by atoms with van der Waals surface area (Å²) in [5, 5.41) is 3.51. The second kappa shape index (κ2) is 6.66. The molecular weight excluding hydrogens is 240 g/mol. The number of nitrogens with two attached hydrogens (primary N) is 1. The van der Waals surface area contributed by atoms with E-state index in [-0.39, 0.29) is 0 Å². The number of nitrogen functional groups attached to an aromatic ring is 1. The number of nitrogens with one attached hydrogen (secondary N) is 1. The van der Waals surface area contributed by atoms with Crippen molar-refractivity contribution in [3.8, 4) is 5.75 Å². The quantitative estimate of drug-likeness (QED) is 0.775. The summed E-state index contributed by atoms with van der Waals surface area (Å²) >= 11 is 0. The molecule has 0 amide bonds. The fraction of sp³-hybridized carbons (Fsp3) is 0.600. The fourth-order valence-corrected chi connectivity index (χ4v) is 2.60. The van der Waals surface area contributed by atoms with Crippen molar-refractivity contribution in [2.75, 3.05) is 24.8 Å². The van der Waals surface area contributed by atoms with E-state index in [0.717, 1.165) is 36.4 Å². The highest BCUT2D eigenvalue weighted by Crippen LogP contribution is 2.28. The molecule has 1 aliphatic rings. The molecular formula is C15H24N2O2. The maximum absolute atomic E-state index is 5.92. The van der Waals surface area contributed by atoms with Gasteiger partial charge >= 0.3 is 0 Å². The van der Waals surface area contributed by atoms with Gasteiger partial charge in [0.05, 0.1) is 18.8 Å². The monoisotopic (exact) mass is 264 g/mol. The highest BCUT2D eigenvalue weighted by Gasteiger charge is 2.26. The summed E-state index contributed by atoms with van der Waals surface area (Å²) in [7, 11) is 1.78. The molecule has 4 heteroatoms. The van der Waals surface area contributed by atoms with Gasteiger partial charge in [0.25, 0.3) is 0 Å². The van der Waals surface area contributed by atoms with Crippen LogP contribution in [0.3, 0.4) is 0 Å². The Labute approximate surface area is 115 Å². The number of benzene rings is 1. The Morgan fingerprint density at radius 2 is 2.16 bits per heavy atom. The average molecular weight is 264 g/mol. The van der Waals surface area contributed by atoms with Crippen molar-refractivity contribution in [3.63, 3.8) is 0 Å². The molecule has 0 aromatic heterocycles. The van der Waals surface area contributed by atoms with E-state index >= 15 is 0 Å². The molecule has 106 valence electrons. The molecule has 19 heavy (non-hydrogen) atoms. The normalized spacial score (nSPS) is 22.4. The number of hydrogen-bond acceptors (Lipinski definition) is 4. The second-order valence-electron chi connectivity index (χ2n) is 5.10. The smallest absolute Gasteiger partial charge is 0.123 e. The molecule has 0 heterocycles. The van der Waals surface area contributed by atoms with E-state index in [9.17, 15) is 0 Å². The third-order valence-corrected chi connectivity index (χ3v) is 3.51. The first kappa shape index (κ1) is 14.0. The van der Waals surface area contributed by atoms with Gasteiger partial charge in [0.2, 0.25) is 0 Å². The summed E-state index contributed by atoms with van der Waals surface area (Å²) in [6.45, 7) is 2.81. The van der Waals surface area contributed by atoms with Gasteiger partial charge in [0.1, 0.15) is 5.75 Å². The van der Waals surface area contributed by atoms with Gasteiger partial charge in [0, 0.05) is 30.6 Å². The molecule has 3 N–H and O–H groups in total. The van der Waals surface area contributed by atoms with Crippen LogP contribution in [0.1, 0.15) is 32.6 Å². The van der Waals surface area contributed by atoms with E-state index in [2.05, 4.69) is 12.2 Å². The summed E-state index contributed by atoms with van der Waals surface area (Å²) < 4.78 is 11.1. The van der Waals surface area contributed by atoms with Crippen LogP contribution in [0.4, 0.5) is 11.4 Å². The van der Waals surface area contributed by atoms with E-state index < -0.39 is 0 Å². The predicted octanol–water partition coefficient (Wildman–Crippen LogP) is 3.04. The SMILES string of the molecule is CCCOc1cc(N)cc(NC2CCCC2OC)c1. The zero-order chi connectivity index (χ0) is 13.7. The van der Waals surface area contributed by atoms with Crippen LogP contribution in [0.2, 0.25) is 0 Å². The van der Waals surface area contributed by atoms with Crippen LogP contribution in [-0.4, -0.2) is 25.9 Å². The molecule has 1 saturated carbocycles. The highest BCUT2D eigenvalue weighted by atomic mass is 16.5. The van der Waals surface area contributed by atoms with Crippen molar-refractivity contribution >= 4 is 11.4 Å². The minimum atomic E-state index is 0.293. The zero-order valence-electron chi connectivity index (χ0n) is 11.8. The largest absolute Gasteiger partial charge is 0.493 e. The Morgan fingerprint density at radius 1 is 1.32 bits per heavy atom. The molecule has 0 spiro atoms. The van der Waals surface area contributed by atoms with Crippen molar-refractivity contribution in [1.82, 2.24) is 0 Å².